The van der Waals surface area contributed by atoms with Gasteiger partial charge in [0, 0.05) is 17.9 Å². The Balaban J connectivity index is 2.17. The van der Waals surface area contributed by atoms with Crippen molar-refractivity contribution in [1.82, 2.24) is 9.88 Å². The van der Waals surface area contributed by atoms with Gasteiger partial charge in [-0.25, -0.2) is 4.98 Å². The molecule has 1 unspecified atom stereocenters. The molecule has 0 radical (unpaired) electrons. The Morgan fingerprint density at radius 1 is 1.69 bits per heavy atom. The lowest BCUT2D eigenvalue weighted by molar-refractivity contribution is 0.0608. The number of amides is 1. The van der Waals surface area contributed by atoms with Crippen LogP contribution in [0.3, 0.4) is 0 Å². The summed E-state index contributed by atoms with van der Waals surface area (Å²) in [6, 6.07) is 0.283. The molecule has 1 aromatic heterocycles. The lowest BCUT2D eigenvalue weighted by Crippen LogP contribution is -2.44. The van der Waals surface area contributed by atoms with Crippen LogP contribution in [0.1, 0.15) is 35.5 Å². The summed E-state index contributed by atoms with van der Waals surface area (Å²) in [5.41, 5.74) is 0.670. The van der Waals surface area contributed by atoms with Crippen LogP contribution in [0.2, 0.25) is 0 Å². The number of nitrogens with zero attached hydrogens (tertiary/aromatic N) is 2. The number of hydrogen-bond acceptors (Lipinski definition) is 3. The number of hydrogen-bond donors (Lipinski definition) is 0. The monoisotopic (exact) mass is 286 g/mol. The summed E-state index contributed by atoms with van der Waals surface area (Å²) < 4.78 is 5.15. The minimum atomic E-state index is -0.0286. The van der Waals surface area contributed by atoms with Crippen LogP contribution in [0, 0.1) is 6.92 Å². The Morgan fingerprint density at radius 3 is 3.12 bits per heavy atom. The van der Waals surface area contributed by atoms with Crippen molar-refractivity contribution in [2.75, 3.05) is 11.9 Å². The van der Waals surface area contributed by atoms with Crippen molar-refractivity contribution >= 4 is 21.8 Å². The number of alkyl halides is 1. The van der Waals surface area contributed by atoms with Gasteiger partial charge in [-0.15, -0.1) is 0 Å². The van der Waals surface area contributed by atoms with E-state index < -0.39 is 0 Å². The number of likely N-dealkylation sites (tertiary alicyclic amines) is 1. The molecule has 0 bridgehead atoms. The molecule has 0 spiro atoms. The normalized spacial score (nSPS) is 21.1. The van der Waals surface area contributed by atoms with Crippen LogP contribution in [0.25, 0.3) is 0 Å². The van der Waals surface area contributed by atoms with Crippen molar-refractivity contribution in [3.63, 3.8) is 0 Å². The lowest BCUT2D eigenvalue weighted by atomic mass is 10.0. The van der Waals surface area contributed by atoms with E-state index in [1.807, 2.05) is 4.90 Å². The Hall–Kier alpha value is -0.840. The molecule has 1 atom stereocenters. The molecule has 1 amide bonds. The summed E-state index contributed by atoms with van der Waals surface area (Å²) in [6.07, 6.45) is 4.65. The fourth-order valence-corrected chi connectivity index (χ4v) is 2.74. The highest BCUT2D eigenvalue weighted by molar-refractivity contribution is 9.09. The average Bonchev–Trinajstić information content (AvgIpc) is 2.74. The van der Waals surface area contributed by atoms with Crippen molar-refractivity contribution in [1.29, 1.82) is 0 Å². The predicted octanol–water partition coefficient (Wildman–Crippen LogP) is 2.37. The first kappa shape index (κ1) is 11.6. The van der Waals surface area contributed by atoms with Crippen molar-refractivity contribution in [3.8, 4) is 0 Å². The van der Waals surface area contributed by atoms with Gasteiger partial charge in [0.05, 0.1) is 5.69 Å². The zero-order valence-electron chi connectivity index (χ0n) is 9.28. The average molecular weight is 287 g/mol. The predicted molar refractivity (Wildman–Crippen MR) is 63.7 cm³/mol. The number of halogens is 1. The van der Waals surface area contributed by atoms with E-state index in [1.54, 1.807) is 6.92 Å². The number of oxazole rings is 1. The molecule has 2 heterocycles. The first-order valence-corrected chi connectivity index (χ1v) is 6.63. The van der Waals surface area contributed by atoms with Crippen LogP contribution in [0.4, 0.5) is 0 Å². The molecule has 0 aromatic carbocycles. The van der Waals surface area contributed by atoms with Gasteiger partial charge in [0.15, 0.2) is 6.39 Å². The SMILES string of the molecule is Cc1ncoc1C(=O)N1CCCCC1CBr. The second-order valence-electron chi connectivity index (χ2n) is 4.07. The zero-order valence-corrected chi connectivity index (χ0v) is 10.9. The Bertz CT molecular complexity index is 378. The topological polar surface area (TPSA) is 46.3 Å². The Morgan fingerprint density at radius 2 is 2.50 bits per heavy atom. The molecule has 0 aliphatic carbocycles. The largest absolute Gasteiger partial charge is 0.438 e. The quantitative estimate of drug-likeness (QED) is 0.784. The van der Waals surface area contributed by atoms with Gasteiger partial charge in [0.1, 0.15) is 0 Å². The second-order valence-corrected chi connectivity index (χ2v) is 4.72. The minimum absolute atomic E-state index is 0.0286. The molecular weight excluding hydrogens is 272 g/mol. The third-order valence-corrected chi connectivity index (χ3v) is 3.75. The highest BCUT2D eigenvalue weighted by Gasteiger charge is 2.29. The van der Waals surface area contributed by atoms with E-state index in [0.29, 0.717) is 11.5 Å². The van der Waals surface area contributed by atoms with E-state index >= 15 is 0 Å². The highest BCUT2D eigenvalue weighted by Crippen LogP contribution is 2.21. The number of piperidine rings is 1. The van der Waals surface area contributed by atoms with Gasteiger partial charge in [-0.2, -0.15) is 0 Å². The smallest absolute Gasteiger partial charge is 0.291 e. The van der Waals surface area contributed by atoms with Gasteiger partial charge in [0.25, 0.3) is 5.91 Å². The van der Waals surface area contributed by atoms with Crippen LogP contribution in [0.15, 0.2) is 10.8 Å². The van der Waals surface area contributed by atoms with E-state index in [2.05, 4.69) is 20.9 Å². The summed E-state index contributed by atoms with van der Waals surface area (Å²) >= 11 is 3.46. The summed E-state index contributed by atoms with van der Waals surface area (Å²) in [4.78, 5) is 18.1. The molecule has 1 aliphatic rings. The van der Waals surface area contributed by atoms with Crippen LogP contribution in [-0.2, 0) is 0 Å². The van der Waals surface area contributed by atoms with Crippen LogP contribution in [0.5, 0.6) is 0 Å². The molecule has 1 aliphatic heterocycles. The van der Waals surface area contributed by atoms with Crippen molar-refractivity contribution in [3.05, 3.63) is 17.8 Å². The van der Waals surface area contributed by atoms with E-state index in [9.17, 15) is 4.79 Å². The van der Waals surface area contributed by atoms with E-state index in [1.165, 1.54) is 12.8 Å². The number of aromatic nitrogens is 1. The summed E-state index contributed by atoms with van der Waals surface area (Å²) in [5, 5.41) is 0.825. The Labute approximate surface area is 103 Å². The van der Waals surface area contributed by atoms with Crippen molar-refractivity contribution < 1.29 is 9.21 Å². The standard InChI is InChI=1S/C11H15BrN2O2/c1-8-10(16-7-13-8)11(15)14-5-3-2-4-9(14)6-12/h7,9H,2-6H2,1H3. The summed E-state index contributed by atoms with van der Waals surface area (Å²) in [5.74, 6) is 0.354. The third-order valence-electron chi connectivity index (χ3n) is 3.01. The van der Waals surface area contributed by atoms with Gasteiger partial charge < -0.3 is 9.32 Å². The van der Waals surface area contributed by atoms with Crippen molar-refractivity contribution in [2.45, 2.75) is 32.2 Å². The number of carbonyl (C=O) groups excluding carboxylic acids is 1. The Kier molecular flexibility index (Phi) is 3.63. The molecule has 16 heavy (non-hydrogen) atoms. The maximum absolute atomic E-state index is 12.2. The molecule has 1 fully saturated rings. The molecular formula is C11H15BrN2O2. The van der Waals surface area contributed by atoms with Gasteiger partial charge in [-0.1, -0.05) is 15.9 Å². The van der Waals surface area contributed by atoms with Crippen LogP contribution >= 0.6 is 15.9 Å². The van der Waals surface area contributed by atoms with Crippen molar-refractivity contribution in [2.24, 2.45) is 0 Å². The maximum atomic E-state index is 12.2. The van der Waals surface area contributed by atoms with Crippen LogP contribution in [-0.4, -0.2) is 33.7 Å². The molecule has 0 saturated carbocycles. The van der Waals surface area contributed by atoms with Gasteiger partial charge in [-0.3, -0.25) is 4.79 Å². The summed E-state index contributed by atoms with van der Waals surface area (Å²) in [7, 11) is 0. The highest BCUT2D eigenvalue weighted by atomic mass is 79.9. The van der Waals surface area contributed by atoms with Gasteiger partial charge in [-0.05, 0) is 26.2 Å². The molecule has 1 aromatic rings. The molecule has 0 N–H and O–H groups in total. The summed E-state index contributed by atoms with van der Waals surface area (Å²) in [6.45, 7) is 2.61. The first-order valence-electron chi connectivity index (χ1n) is 5.51. The maximum Gasteiger partial charge on any atom is 0.291 e. The van der Waals surface area contributed by atoms with Crippen LogP contribution < -0.4 is 0 Å². The fourth-order valence-electron chi connectivity index (χ4n) is 2.07. The zero-order chi connectivity index (χ0) is 11.5. The minimum Gasteiger partial charge on any atom is -0.438 e. The molecule has 4 nitrogen and oxygen atoms in total. The first-order chi connectivity index (χ1) is 7.74. The lowest BCUT2D eigenvalue weighted by Gasteiger charge is -2.34. The number of carbonyl (C=O) groups is 1. The molecule has 5 heteroatoms. The van der Waals surface area contributed by atoms with Gasteiger partial charge >= 0.3 is 0 Å². The number of rotatable bonds is 2. The van der Waals surface area contributed by atoms with E-state index in [-0.39, 0.29) is 11.9 Å². The number of aryl methyl sites for hydroxylation is 1. The van der Waals surface area contributed by atoms with E-state index in [0.717, 1.165) is 24.7 Å². The second kappa shape index (κ2) is 4.99. The molecule has 2 rings (SSSR count). The fraction of sp³-hybridized carbons (Fsp3) is 0.636. The molecule has 1 saturated heterocycles. The van der Waals surface area contributed by atoms with Gasteiger partial charge in [0.2, 0.25) is 5.76 Å². The molecule has 88 valence electrons. The third kappa shape index (κ3) is 2.14. The van der Waals surface area contributed by atoms with E-state index in [4.69, 9.17) is 4.42 Å².